The van der Waals surface area contributed by atoms with Crippen LogP contribution in [0.15, 0.2) is 23.1 Å². The van der Waals surface area contributed by atoms with Crippen molar-refractivity contribution in [2.75, 3.05) is 0 Å². The summed E-state index contributed by atoms with van der Waals surface area (Å²) in [5.41, 5.74) is 0.863. The molecule has 3 nitrogen and oxygen atoms in total. The minimum atomic E-state index is -2.25. The zero-order valence-electron chi connectivity index (χ0n) is 10.3. The molecule has 1 aliphatic carbocycles. The van der Waals surface area contributed by atoms with Gasteiger partial charge in [0, 0.05) is 12.8 Å². The second-order valence-corrected chi connectivity index (χ2v) is 4.39. The summed E-state index contributed by atoms with van der Waals surface area (Å²) in [7, 11) is 0. The summed E-state index contributed by atoms with van der Waals surface area (Å²) < 4.78 is 35.9. The van der Waals surface area contributed by atoms with E-state index < -0.39 is 5.92 Å². The molecule has 0 bridgehead atoms. The first kappa shape index (κ1) is 13.6. The molecule has 6 heteroatoms. The highest BCUT2D eigenvalue weighted by molar-refractivity contribution is 5.75. The Morgan fingerprint density at radius 1 is 1.37 bits per heavy atom. The summed E-state index contributed by atoms with van der Waals surface area (Å²) >= 11 is 0. The van der Waals surface area contributed by atoms with Crippen molar-refractivity contribution in [2.45, 2.75) is 32.1 Å². The maximum absolute atomic E-state index is 13.6. The maximum atomic E-state index is 13.6. The molecule has 0 saturated heterocycles. The molecule has 1 aromatic carbocycles. The SMILES string of the molecule is CCc1ccc2ncc(=O)[nH]c2c1F.FC1(F)CC1. The lowest BCUT2D eigenvalue weighted by Gasteiger charge is -2.02. The van der Waals surface area contributed by atoms with Crippen molar-refractivity contribution in [2.24, 2.45) is 0 Å². The lowest BCUT2D eigenvalue weighted by molar-refractivity contribution is 0.120. The van der Waals surface area contributed by atoms with Gasteiger partial charge in [0.1, 0.15) is 5.52 Å². The summed E-state index contributed by atoms with van der Waals surface area (Å²) in [6, 6.07) is 3.39. The zero-order chi connectivity index (χ0) is 14.0. The van der Waals surface area contributed by atoms with E-state index in [-0.39, 0.29) is 29.7 Å². The average molecular weight is 270 g/mol. The van der Waals surface area contributed by atoms with E-state index in [4.69, 9.17) is 0 Å². The molecule has 0 aliphatic heterocycles. The highest BCUT2D eigenvalue weighted by Crippen LogP contribution is 2.40. The van der Waals surface area contributed by atoms with E-state index in [0.717, 1.165) is 6.20 Å². The number of hydrogen-bond acceptors (Lipinski definition) is 2. The Bertz CT molecular complexity index is 646. The molecule has 3 rings (SSSR count). The molecule has 0 atom stereocenters. The van der Waals surface area contributed by atoms with Gasteiger partial charge in [0.15, 0.2) is 5.82 Å². The second-order valence-electron chi connectivity index (χ2n) is 4.39. The average Bonchev–Trinajstić information content (AvgIpc) is 3.07. The fraction of sp³-hybridized carbons (Fsp3) is 0.385. The van der Waals surface area contributed by atoms with Gasteiger partial charge in [-0.2, -0.15) is 0 Å². The monoisotopic (exact) mass is 270 g/mol. The van der Waals surface area contributed by atoms with Crippen LogP contribution in [0.2, 0.25) is 0 Å². The number of rotatable bonds is 1. The number of aryl methyl sites for hydroxylation is 1. The van der Waals surface area contributed by atoms with Crippen LogP contribution in [0.5, 0.6) is 0 Å². The van der Waals surface area contributed by atoms with E-state index in [9.17, 15) is 18.0 Å². The highest BCUT2D eigenvalue weighted by atomic mass is 19.3. The van der Waals surface area contributed by atoms with Crippen LogP contribution in [0.25, 0.3) is 11.0 Å². The van der Waals surface area contributed by atoms with Crippen LogP contribution in [0.4, 0.5) is 13.2 Å². The number of fused-ring (bicyclic) bond motifs is 1. The van der Waals surface area contributed by atoms with Crippen molar-refractivity contribution < 1.29 is 13.2 Å². The van der Waals surface area contributed by atoms with Gasteiger partial charge in [0.25, 0.3) is 5.56 Å². The van der Waals surface area contributed by atoms with Gasteiger partial charge in [-0.3, -0.25) is 4.79 Å². The first-order valence-corrected chi connectivity index (χ1v) is 5.97. The predicted molar refractivity (Wildman–Crippen MR) is 65.9 cm³/mol. The van der Waals surface area contributed by atoms with E-state index in [2.05, 4.69) is 9.97 Å². The Morgan fingerprint density at radius 3 is 2.53 bits per heavy atom. The van der Waals surface area contributed by atoms with E-state index >= 15 is 0 Å². The number of aromatic nitrogens is 2. The lowest BCUT2D eigenvalue weighted by Crippen LogP contribution is -2.07. The minimum Gasteiger partial charge on any atom is -0.317 e. The number of alkyl halides is 2. The fourth-order valence-electron chi connectivity index (χ4n) is 1.49. The lowest BCUT2D eigenvalue weighted by atomic mass is 10.1. The standard InChI is InChI=1S/C10H9FN2O.C3H4F2/c1-2-6-3-4-7-10(9(6)11)13-8(14)5-12-7;4-3(5)1-2-3/h3-5H,2H2,1H3,(H,13,14);1-2H2. The fourth-order valence-corrected chi connectivity index (χ4v) is 1.49. The molecule has 19 heavy (non-hydrogen) atoms. The number of halogens is 3. The van der Waals surface area contributed by atoms with Gasteiger partial charge in [-0.15, -0.1) is 0 Å². The van der Waals surface area contributed by atoms with Crippen LogP contribution in [0, 0.1) is 5.82 Å². The van der Waals surface area contributed by atoms with Crippen molar-refractivity contribution in [1.29, 1.82) is 0 Å². The quantitative estimate of drug-likeness (QED) is 0.865. The molecule has 1 aliphatic rings. The third-order valence-corrected chi connectivity index (χ3v) is 2.78. The van der Waals surface area contributed by atoms with Gasteiger partial charge in [0.2, 0.25) is 5.92 Å². The third kappa shape index (κ3) is 3.33. The van der Waals surface area contributed by atoms with Crippen LogP contribution < -0.4 is 5.56 Å². The molecular formula is C13H13F3N2O. The Kier molecular flexibility index (Phi) is 3.59. The molecule has 1 N–H and O–H groups in total. The molecule has 1 fully saturated rings. The normalized spacial score (nSPS) is 15.8. The molecule has 1 aromatic heterocycles. The largest absolute Gasteiger partial charge is 0.317 e. The van der Waals surface area contributed by atoms with Gasteiger partial charge in [-0.05, 0) is 18.1 Å². The van der Waals surface area contributed by atoms with E-state index in [0.29, 0.717) is 17.5 Å². The first-order chi connectivity index (χ1) is 8.93. The molecule has 0 spiro atoms. The summed E-state index contributed by atoms with van der Waals surface area (Å²) in [5.74, 6) is -2.63. The second kappa shape index (κ2) is 5.03. The summed E-state index contributed by atoms with van der Waals surface area (Å²) in [5, 5.41) is 0. The highest BCUT2D eigenvalue weighted by Gasteiger charge is 2.43. The summed E-state index contributed by atoms with van der Waals surface area (Å²) in [6.07, 6.45) is 1.98. The van der Waals surface area contributed by atoms with Gasteiger partial charge in [-0.1, -0.05) is 13.0 Å². The van der Waals surface area contributed by atoms with Crippen LogP contribution >= 0.6 is 0 Å². The molecule has 2 aromatic rings. The van der Waals surface area contributed by atoms with Gasteiger partial charge in [0.05, 0.1) is 11.7 Å². The van der Waals surface area contributed by atoms with E-state index in [1.54, 1.807) is 12.1 Å². The third-order valence-electron chi connectivity index (χ3n) is 2.78. The van der Waals surface area contributed by atoms with Gasteiger partial charge < -0.3 is 4.98 Å². The van der Waals surface area contributed by atoms with Crippen molar-refractivity contribution in [3.8, 4) is 0 Å². The zero-order valence-corrected chi connectivity index (χ0v) is 10.3. The molecule has 1 saturated carbocycles. The van der Waals surface area contributed by atoms with Crippen molar-refractivity contribution >= 4 is 11.0 Å². The number of nitrogens with one attached hydrogen (secondary N) is 1. The van der Waals surface area contributed by atoms with E-state index in [1.165, 1.54) is 0 Å². The molecule has 1 heterocycles. The topological polar surface area (TPSA) is 45.8 Å². The Hall–Kier alpha value is -1.85. The summed E-state index contributed by atoms with van der Waals surface area (Å²) in [6.45, 7) is 1.86. The molecule has 0 unspecified atom stereocenters. The van der Waals surface area contributed by atoms with Crippen LogP contribution in [0.3, 0.4) is 0 Å². The molecule has 102 valence electrons. The van der Waals surface area contributed by atoms with Crippen LogP contribution in [0.1, 0.15) is 25.3 Å². The number of benzene rings is 1. The minimum absolute atomic E-state index is 0.118. The van der Waals surface area contributed by atoms with E-state index in [1.807, 2.05) is 6.92 Å². The first-order valence-electron chi connectivity index (χ1n) is 5.97. The number of nitrogens with zero attached hydrogens (tertiary/aromatic N) is 1. The maximum Gasteiger partial charge on any atom is 0.266 e. The Balaban J connectivity index is 0.000000224. The van der Waals surface area contributed by atoms with Crippen LogP contribution in [-0.2, 0) is 6.42 Å². The smallest absolute Gasteiger partial charge is 0.266 e. The Morgan fingerprint density at radius 2 is 2.00 bits per heavy atom. The van der Waals surface area contributed by atoms with Crippen LogP contribution in [-0.4, -0.2) is 15.9 Å². The Labute approximate surface area is 107 Å². The van der Waals surface area contributed by atoms with Gasteiger partial charge in [-0.25, -0.2) is 18.2 Å². The van der Waals surface area contributed by atoms with Gasteiger partial charge >= 0.3 is 0 Å². The number of hydrogen-bond donors (Lipinski definition) is 1. The molecular weight excluding hydrogens is 257 g/mol. The summed E-state index contributed by atoms with van der Waals surface area (Å²) in [4.78, 5) is 17.2. The number of H-pyrrole nitrogens is 1. The van der Waals surface area contributed by atoms with Crippen molar-refractivity contribution in [1.82, 2.24) is 9.97 Å². The van der Waals surface area contributed by atoms with Crippen molar-refractivity contribution in [3.05, 3.63) is 40.1 Å². The molecule has 0 amide bonds. The predicted octanol–water partition coefficient (Wildman–Crippen LogP) is 3.04. The number of aromatic amines is 1. The van der Waals surface area contributed by atoms with Crippen molar-refractivity contribution in [3.63, 3.8) is 0 Å². The molecule has 0 radical (unpaired) electrons.